The van der Waals surface area contributed by atoms with Gasteiger partial charge >= 0.3 is 5.97 Å². The Hall–Kier alpha value is -1.55. The zero-order chi connectivity index (χ0) is 12.7. The first-order valence-corrected chi connectivity index (χ1v) is 5.72. The predicted octanol–water partition coefficient (Wildman–Crippen LogP) is 1.44. The highest BCUT2D eigenvalue weighted by molar-refractivity contribution is 5.75. The number of hydrogen-bond donors (Lipinski definition) is 1. The fourth-order valence-electron chi connectivity index (χ4n) is 1.70. The summed E-state index contributed by atoms with van der Waals surface area (Å²) in [5.41, 5.74) is 0.916. The molecule has 1 N–H and O–H groups in total. The van der Waals surface area contributed by atoms with Crippen molar-refractivity contribution in [2.75, 3.05) is 25.2 Å². The summed E-state index contributed by atoms with van der Waals surface area (Å²) in [5, 5.41) is 9.35. The first kappa shape index (κ1) is 13.5. The number of benzene rings is 1. The summed E-state index contributed by atoms with van der Waals surface area (Å²) in [6, 6.07) is 9.49. The number of carbonyl (C=O) groups excluding carboxylic acids is 1. The molecular weight excluding hydrogens is 218 g/mol. The molecular formula is C13H19NO3. The highest BCUT2D eigenvalue weighted by Crippen LogP contribution is 2.17. The van der Waals surface area contributed by atoms with Gasteiger partial charge in [-0.15, -0.1) is 0 Å². The van der Waals surface area contributed by atoms with Crippen LogP contribution in [0.1, 0.15) is 13.3 Å². The smallest absolute Gasteiger partial charge is 0.325 e. The van der Waals surface area contributed by atoms with Gasteiger partial charge in [0.25, 0.3) is 0 Å². The van der Waals surface area contributed by atoms with E-state index in [0.717, 1.165) is 12.1 Å². The third kappa shape index (κ3) is 3.75. The van der Waals surface area contributed by atoms with Gasteiger partial charge in [0.05, 0.1) is 19.8 Å². The molecule has 0 amide bonds. The van der Waals surface area contributed by atoms with Crippen molar-refractivity contribution in [1.29, 1.82) is 0 Å². The van der Waals surface area contributed by atoms with Crippen molar-refractivity contribution in [3.05, 3.63) is 30.3 Å². The number of para-hydroxylation sites is 1. The number of esters is 1. The molecule has 1 rings (SSSR count). The molecule has 94 valence electrons. The van der Waals surface area contributed by atoms with Crippen molar-refractivity contribution in [3.8, 4) is 0 Å². The maximum absolute atomic E-state index is 11.4. The first-order chi connectivity index (χ1) is 8.22. The number of aliphatic hydroxyl groups excluding tert-OH is 1. The van der Waals surface area contributed by atoms with Crippen LogP contribution in [-0.4, -0.2) is 37.4 Å². The molecule has 17 heavy (non-hydrogen) atoms. The number of anilines is 1. The Morgan fingerprint density at radius 3 is 2.53 bits per heavy atom. The minimum absolute atomic E-state index is 0.0163. The second-order valence-electron chi connectivity index (χ2n) is 3.78. The normalized spacial score (nSPS) is 11.9. The molecule has 0 spiro atoms. The molecule has 0 aliphatic heterocycles. The Morgan fingerprint density at radius 2 is 2.06 bits per heavy atom. The summed E-state index contributed by atoms with van der Waals surface area (Å²) < 4.78 is 4.68. The maximum atomic E-state index is 11.4. The average Bonchev–Trinajstić information content (AvgIpc) is 2.39. The van der Waals surface area contributed by atoms with Gasteiger partial charge in [0.1, 0.15) is 6.54 Å². The predicted molar refractivity (Wildman–Crippen MR) is 67.0 cm³/mol. The summed E-state index contributed by atoms with van der Waals surface area (Å²) in [6.07, 6.45) is 0.766. The topological polar surface area (TPSA) is 49.8 Å². The standard InChI is InChI=1S/C13H19NO3/c1-3-11(10-15)14(9-13(16)17-2)12-7-5-4-6-8-12/h4-8,11,15H,3,9-10H2,1-2H3. The van der Waals surface area contributed by atoms with Crippen LogP contribution in [0.25, 0.3) is 0 Å². The van der Waals surface area contributed by atoms with Crippen LogP contribution in [0.5, 0.6) is 0 Å². The summed E-state index contributed by atoms with van der Waals surface area (Å²) in [7, 11) is 1.37. The second kappa shape index (κ2) is 6.91. The van der Waals surface area contributed by atoms with E-state index in [2.05, 4.69) is 4.74 Å². The minimum atomic E-state index is -0.305. The Kier molecular flexibility index (Phi) is 5.49. The van der Waals surface area contributed by atoms with Crippen molar-refractivity contribution in [3.63, 3.8) is 0 Å². The number of carbonyl (C=O) groups is 1. The molecule has 0 saturated carbocycles. The van der Waals surface area contributed by atoms with E-state index in [1.807, 2.05) is 42.2 Å². The van der Waals surface area contributed by atoms with Crippen LogP contribution in [0.2, 0.25) is 0 Å². The second-order valence-corrected chi connectivity index (χ2v) is 3.78. The van der Waals surface area contributed by atoms with Crippen molar-refractivity contribution >= 4 is 11.7 Å². The lowest BCUT2D eigenvalue weighted by atomic mass is 10.1. The van der Waals surface area contributed by atoms with Gasteiger partial charge in [-0.25, -0.2) is 0 Å². The highest BCUT2D eigenvalue weighted by Gasteiger charge is 2.19. The molecule has 0 radical (unpaired) electrons. The van der Waals surface area contributed by atoms with E-state index in [1.165, 1.54) is 7.11 Å². The highest BCUT2D eigenvalue weighted by atomic mass is 16.5. The Bertz CT molecular complexity index is 336. The number of nitrogens with zero attached hydrogens (tertiary/aromatic N) is 1. The molecule has 0 aliphatic carbocycles. The molecule has 1 atom stereocenters. The van der Waals surface area contributed by atoms with Gasteiger partial charge in [-0.1, -0.05) is 25.1 Å². The zero-order valence-electron chi connectivity index (χ0n) is 10.3. The number of methoxy groups -OCH3 is 1. The van der Waals surface area contributed by atoms with Crippen molar-refractivity contribution in [1.82, 2.24) is 0 Å². The molecule has 4 nitrogen and oxygen atoms in total. The average molecular weight is 237 g/mol. The van der Waals surface area contributed by atoms with Crippen molar-refractivity contribution in [2.24, 2.45) is 0 Å². The summed E-state index contributed by atoms with van der Waals surface area (Å²) >= 11 is 0. The number of rotatable bonds is 6. The molecule has 0 fully saturated rings. The first-order valence-electron chi connectivity index (χ1n) is 5.72. The number of hydrogen-bond acceptors (Lipinski definition) is 4. The third-order valence-electron chi connectivity index (χ3n) is 2.74. The molecule has 0 saturated heterocycles. The van der Waals surface area contributed by atoms with E-state index in [9.17, 15) is 9.90 Å². The number of ether oxygens (including phenoxy) is 1. The molecule has 0 heterocycles. The van der Waals surface area contributed by atoms with Gasteiger partial charge in [0.2, 0.25) is 0 Å². The van der Waals surface area contributed by atoms with E-state index in [0.29, 0.717) is 0 Å². The van der Waals surface area contributed by atoms with Crippen LogP contribution < -0.4 is 4.90 Å². The van der Waals surface area contributed by atoms with E-state index >= 15 is 0 Å². The van der Waals surface area contributed by atoms with E-state index in [4.69, 9.17) is 0 Å². The van der Waals surface area contributed by atoms with E-state index < -0.39 is 0 Å². The Morgan fingerprint density at radius 1 is 1.41 bits per heavy atom. The summed E-state index contributed by atoms with van der Waals surface area (Å²) in [6.45, 7) is 2.15. The quantitative estimate of drug-likeness (QED) is 0.761. The van der Waals surface area contributed by atoms with Gasteiger partial charge in [-0.2, -0.15) is 0 Å². The van der Waals surface area contributed by atoms with Gasteiger partial charge in [0.15, 0.2) is 0 Å². The fourth-order valence-corrected chi connectivity index (χ4v) is 1.70. The van der Waals surface area contributed by atoms with Crippen LogP contribution in [0.15, 0.2) is 30.3 Å². The van der Waals surface area contributed by atoms with E-state index in [1.54, 1.807) is 0 Å². The maximum Gasteiger partial charge on any atom is 0.325 e. The van der Waals surface area contributed by atoms with Crippen LogP contribution in [0.3, 0.4) is 0 Å². The van der Waals surface area contributed by atoms with Crippen LogP contribution in [-0.2, 0) is 9.53 Å². The SMILES string of the molecule is CCC(CO)N(CC(=O)OC)c1ccccc1. The Balaban J connectivity index is 2.89. The molecule has 1 aromatic carbocycles. The van der Waals surface area contributed by atoms with Gasteiger partial charge in [-0.3, -0.25) is 4.79 Å². The fraction of sp³-hybridized carbons (Fsp3) is 0.462. The molecule has 0 aliphatic rings. The zero-order valence-corrected chi connectivity index (χ0v) is 10.3. The lowest BCUT2D eigenvalue weighted by Gasteiger charge is -2.30. The van der Waals surface area contributed by atoms with Crippen LogP contribution >= 0.6 is 0 Å². The van der Waals surface area contributed by atoms with Crippen molar-refractivity contribution in [2.45, 2.75) is 19.4 Å². The van der Waals surface area contributed by atoms with Crippen LogP contribution in [0.4, 0.5) is 5.69 Å². The monoisotopic (exact) mass is 237 g/mol. The lowest BCUT2D eigenvalue weighted by Crippen LogP contribution is -2.41. The summed E-state index contributed by atoms with van der Waals surface area (Å²) in [4.78, 5) is 13.3. The van der Waals surface area contributed by atoms with E-state index in [-0.39, 0.29) is 25.2 Å². The third-order valence-corrected chi connectivity index (χ3v) is 2.74. The largest absolute Gasteiger partial charge is 0.468 e. The molecule has 0 bridgehead atoms. The minimum Gasteiger partial charge on any atom is -0.468 e. The lowest BCUT2D eigenvalue weighted by molar-refractivity contribution is -0.139. The van der Waals surface area contributed by atoms with Gasteiger partial charge in [0, 0.05) is 5.69 Å². The number of aliphatic hydroxyl groups is 1. The molecule has 4 heteroatoms. The van der Waals surface area contributed by atoms with Crippen LogP contribution in [0, 0.1) is 0 Å². The van der Waals surface area contributed by atoms with Crippen molar-refractivity contribution < 1.29 is 14.6 Å². The van der Waals surface area contributed by atoms with Gasteiger partial charge < -0.3 is 14.7 Å². The molecule has 1 aromatic rings. The van der Waals surface area contributed by atoms with Gasteiger partial charge in [-0.05, 0) is 18.6 Å². The Labute approximate surface area is 102 Å². The summed E-state index contributed by atoms with van der Waals surface area (Å²) in [5.74, 6) is -0.305. The molecule has 1 unspecified atom stereocenters. The molecule has 0 aromatic heterocycles.